The van der Waals surface area contributed by atoms with E-state index < -0.39 is 0 Å². The van der Waals surface area contributed by atoms with Crippen molar-refractivity contribution >= 4 is 23.6 Å². The molecule has 0 saturated carbocycles. The second-order valence-corrected chi connectivity index (χ2v) is 7.18. The molecule has 20 heavy (non-hydrogen) atoms. The van der Waals surface area contributed by atoms with E-state index in [0.29, 0.717) is 18.9 Å². The summed E-state index contributed by atoms with van der Waals surface area (Å²) in [5.74, 6) is 2.10. The van der Waals surface area contributed by atoms with Gasteiger partial charge in [-0.05, 0) is 31.4 Å². The van der Waals surface area contributed by atoms with Crippen molar-refractivity contribution in [2.75, 3.05) is 25.2 Å². The van der Waals surface area contributed by atoms with Gasteiger partial charge < -0.3 is 10.1 Å². The van der Waals surface area contributed by atoms with Crippen LogP contribution in [0, 0.1) is 0 Å². The maximum Gasteiger partial charge on any atom is 0.246 e. The van der Waals surface area contributed by atoms with E-state index in [1.807, 2.05) is 11.8 Å². The summed E-state index contributed by atoms with van der Waals surface area (Å²) >= 11 is 1.96. The van der Waals surface area contributed by atoms with E-state index in [4.69, 9.17) is 4.74 Å². The second kappa shape index (κ2) is 5.66. The summed E-state index contributed by atoms with van der Waals surface area (Å²) in [6, 6.07) is 0.130. The summed E-state index contributed by atoms with van der Waals surface area (Å²) in [6.45, 7) is 0.772. The standard InChI is InChI=1S/C14H22N2O3S/c1-16-12(17)3-2-11(13(16)18)15-10-4-6-19-14(8-10)5-7-20-9-14/h10-11,15H,2-9H2,1H3. The van der Waals surface area contributed by atoms with Crippen LogP contribution in [0.1, 0.15) is 32.1 Å². The van der Waals surface area contributed by atoms with Gasteiger partial charge in [0.05, 0.1) is 11.6 Å². The van der Waals surface area contributed by atoms with Crippen LogP contribution in [0.15, 0.2) is 0 Å². The Labute approximate surface area is 123 Å². The van der Waals surface area contributed by atoms with Gasteiger partial charge in [0.25, 0.3) is 0 Å². The highest BCUT2D eigenvalue weighted by Gasteiger charge is 2.42. The number of likely N-dealkylation sites (tertiary alicyclic amines) is 1. The van der Waals surface area contributed by atoms with Gasteiger partial charge in [0.1, 0.15) is 0 Å². The van der Waals surface area contributed by atoms with Crippen LogP contribution in [-0.2, 0) is 14.3 Å². The molecular formula is C14H22N2O3S. The first-order chi connectivity index (χ1) is 9.60. The van der Waals surface area contributed by atoms with Gasteiger partial charge >= 0.3 is 0 Å². The number of nitrogens with one attached hydrogen (secondary N) is 1. The van der Waals surface area contributed by atoms with E-state index in [1.54, 1.807) is 7.05 Å². The van der Waals surface area contributed by atoms with Crippen molar-refractivity contribution in [1.82, 2.24) is 10.2 Å². The molecule has 112 valence electrons. The fraction of sp³-hybridized carbons (Fsp3) is 0.857. The zero-order valence-electron chi connectivity index (χ0n) is 11.9. The molecule has 3 atom stereocenters. The topological polar surface area (TPSA) is 58.6 Å². The largest absolute Gasteiger partial charge is 0.374 e. The predicted molar refractivity (Wildman–Crippen MR) is 77.6 cm³/mol. The molecule has 3 fully saturated rings. The van der Waals surface area contributed by atoms with Gasteiger partial charge in [0, 0.05) is 31.9 Å². The van der Waals surface area contributed by atoms with E-state index in [1.165, 1.54) is 10.7 Å². The summed E-state index contributed by atoms with van der Waals surface area (Å²) in [6.07, 6.45) is 4.15. The number of piperidine rings is 1. The highest BCUT2D eigenvalue weighted by molar-refractivity contribution is 7.99. The molecule has 2 amide bonds. The van der Waals surface area contributed by atoms with E-state index >= 15 is 0 Å². The van der Waals surface area contributed by atoms with Crippen molar-refractivity contribution in [1.29, 1.82) is 0 Å². The number of amides is 2. The number of likely N-dealkylation sites (N-methyl/N-ethyl adjacent to an activating group) is 1. The first kappa shape index (κ1) is 14.4. The number of ether oxygens (including phenoxy) is 1. The average molecular weight is 298 g/mol. The van der Waals surface area contributed by atoms with Crippen LogP contribution in [0.3, 0.4) is 0 Å². The summed E-state index contributed by atoms with van der Waals surface area (Å²) in [5.41, 5.74) is 0.0278. The molecule has 3 aliphatic heterocycles. The quantitative estimate of drug-likeness (QED) is 0.764. The van der Waals surface area contributed by atoms with E-state index in [-0.39, 0.29) is 23.5 Å². The monoisotopic (exact) mass is 298 g/mol. The molecule has 5 nitrogen and oxygen atoms in total. The Morgan fingerprint density at radius 2 is 2.25 bits per heavy atom. The number of hydrogen-bond donors (Lipinski definition) is 1. The Hall–Kier alpha value is -0.590. The molecule has 6 heteroatoms. The molecule has 3 aliphatic rings. The number of imide groups is 1. The zero-order valence-corrected chi connectivity index (χ0v) is 12.7. The maximum atomic E-state index is 12.1. The lowest BCUT2D eigenvalue weighted by Gasteiger charge is -2.40. The Bertz CT molecular complexity index is 409. The molecule has 1 spiro atoms. The van der Waals surface area contributed by atoms with Gasteiger partial charge in [0.2, 0.25) is 11.8 Å². The molecule has 0 aromatic heterocycles. The van der Waals surface area contributed by atoms with E-state index in [0.717, 1.165) is 31.6 Å². The lowest BCUT2D eigenvalue weighted by molar-refractivity contribution is -0.148. The molecule has 3 unspecified atom stereocenters. The highest BCUT2D eigenvalue weighted by Crippen LogP contribution is 2.38. The third-order valence-corrected chi connectivity index (χ3v) is 5.87. The van der Waals surface area contributed by atoms with E-state index in [2.05, 4.69) is 5.32 Å². The van der Waals surface area contributed by atoms with Crippen molar-refractivity contribution in [3.05, 3.63) is 0 Å². The Morgan fingerprint density at radius 1 is 1.40 bits per heavy atom. The molecule has 0 aliphatic carbocycles. The molecule has 0 bridgehead atoms. The van der Waals surface area contributed by atoms with Crippen molar-refractivity contribution in [2.24, 2.45) is 0 Å². The molecule has 3 heterocycles. The molecule has 0 aromatic carbocycles. The average Bonchev–Trinajstić information content (AvgIpc) is 2.88. The minimum absolute atomic E-state index is 0.0278. The fourth-order valence-corrected chi connectivity index (χ4v) is 4.77. The normalized spacial score (nSPS) is 38.8. The summed E-state index contributed by atoms with van der Waals surface area (Å²) in [5, 5.41) is 3.48. The molecular weight excluding hydrogens is 276 g/mol. The zero-order chi connectivity index (χ0) is 14.2. The van der Waals surface area contributed by atoms with Crippen LogP contribution in [-0.4, -0.2) is 59.6 Å². The molecule has 1 N–H and O–H groups in total. The lowest BCUT2D eigenvalue weighted by atomic mass is 9.89. The van der Waals surface area contributed by atoms with Crippen molar-refractivity contribution < 1.29 is 14.3 Å². The van der Waals surface area contributed by atoms with Crippen molar-refractivity contribution in [3.63, 3.8) is 0 Å². The number of hydrogen-bond acceptors (Lipinski definition) is 5. The van der Waals surface area contributed by atoms with Gasteiger partial charge in [-0.25, -0.2) is 0 Å². The summed E-state index contributed by atoms with van der Waals surface area (Å²) in [4.78, 5) is 24.9. The lowest BCUT2D eigenvalue weighted by Crippen LogP contribution is -2.56. The van der Waals surface area contributed by atoms with Gasteiger partial charge in [-0.3, -0.25) is 14.5 Å². The van der Waals surface area contributed by atoms with Crippen LogP contribution in [0.2, 0.25) is 0 Å². The number of carbonyl (C=O) groups excluding carboxylic acids is 2. The first-order valence-electron chi connectivity index (χ1n) is 7.38. The van der Waals surface area contributed by atoms with Gasteiger partial charge in [-0.15, -0.1) is 0 Å². The van der Waals surface area contributed by atoms with Crippen LogP contribution < -0.4 is 5.32 Å². The van der Waals surface area contributed by atoms with Crippen LogP contribution in [0.4, 0.5) is 0 Å². The molecule has 3 saturated heterocycles. The summed E-state index contributed by atoms with van der Waals surface area (Å²) in [7, 11) is 1.58. The molecule has 3 rings (SSSR count). The van der Waals surface area contributed by atoms with Crippen LogP contribution in [0.25, 0.3) is 0 Å². The SMILES string of the molecule is CN1C(=O)CCC(NC2CCOC3(CCSC3)C2)C1=O. The van der Waals surface area contributed by atoms with Crippen LogP contribution >= 0.6 is 11.8 Å². The van der Waals surface area contributed by atoms with Crippen molar-refractivity contribution in [2.45, 2.75) is 49.8 Å². The van der Waals surface area contributed by atoms with Gasteiger partial charge in [0.15, 0.2) is 0 Å². The third-order valence-electron chi connectivity index (χ3n) is 4.65. The van der Waals surface area contributed by atoms with E-state index in [9.17, 15) is 9.59 Å². The Morgan fingerprint density at radius 3 is 3.00 bits per heavy atom. The molecule has 0 radical (unpaired) electrons. The van der Waals surface area contributed by atoms with Gasteiger partial charge in [-0.2, -0.15) is 11.8 Å². The molecule has 0 aromatic rings. The first-order valence-corrected chi connectivity index (χ1v) is 8.53. The smallest absolute Gasteiger partial charge is 0.246 e. The number of rotatable bonds is 2. The fourth-order valence-electron chi connectivity index (χ4n) is 3.39. The number of nitrogens with zero attached hydrogens (tertiary/aromatic N) is 1. The summed E-state index contributed by atoms with van der Waals surface area (Å²) < 4.78 is 6.00. The maximum absolute atomic E-state index is 12.1. The van der Waals surface area contributed by atoms with Crippen LogP contribution in [0.5, 0.6) is 0 Å². The Kier molecular flexibility index (Phi) is 4.06. The second-order valence-electron chi connectivity index (χ2n) is 6.07. The predicted octanol–water partition coefficient (Wildman–Crippen LogP) is 0.778. The van der Waals surface area contributed by atoms with Crippen molar-refractivity contribution in [3.8, 4) is 0 Å². The highest BCUT2D eigenvalue weighted by atomic mass is 32.2. The minimum atomic E-state index is -0.202. The third kappa shape index (κ3) is 2.73. The Balaban J connectivity index is 1.60. The number of carbonyl (C=O) groups is 2. The minimum Gasteiger partial charge on any atom is -0.374 e. The van der Waals surface area contributed by atoms with Gasteiger partial charge in [-0.1, -0.05) is 0 Å². The number of thioether (sulfide) groups is 1.